The minimum Gasteiger partial charge on any atom is -0.371 e. The van der Waals surface area contributed by atoms with Gasteiger partial charge in [-0.2, -0.15) is 0 Å². The second-order valence-corrected chi connectivity index (χ2v) is 10.6. The van der Waals surface area contributed by atoms with Crippen molar-refractivity contribution in [1.29, 1.82) is 0 Å². The quantitative estimate of drug-likeness (QED) is 0.293. The molecule has 186 valence electrons. The molecule has 3 aliphatic rings. The molecule has 1 aromatic carbocycles. The lowest BCUT2D eigenvalue weighted by molar-refractivity contribution is 0.191. The summed E-state index contributed by atoms with van der Waals surface area (Å²) in [5.41, 5.74) is 6.84. The van der Waals surface area contributed by atoms with Gasteiger partial charge in [-0.3, -0.25) is 0 Å². The molecule has 0 amide bonds. The molecule has 2 N–H and O–H groups in total. The van der Waals surface area contributed by atoms with Crippen molar-refractivity contribution < 1.29 is 0 Å². The number of nitrogens with one attached hydrogen (secondary N) is 2. The zero-order chi connectivity index (χ0) is 23.8. The lowest BCUT2D eigenvalue weighted by atomic mass is 9.88. The lowest BCUT2D eigenvalue weighted by Crippen LogP contribution is -2.37. The van der Waals surface area contributed by atoms with Gasteiger partial charge in [0.15, 0.2) is 0 Å². The van der Waals surface area contributed by atoms with Crippen LogP contribution in [0.25, 0.3) is 5.57 Å². The Hall–Kier alpha value is -2.07. The smallest absolute Gasteiger partial charge is 0.118 e. The largest absolute Gasteiger partial charge is 0.371 e. The first kappa shape index (κ1) is 25.0. The van der Waals surface area contributed by atoms with Crippen LogP contribution in [-0.2, 0) is 13.1 Å². The summed E-state index contributed by atoms with van der Waals surface area (Å²) in [6.45, 7) is 11.6. The van der Waals surface area contributed by atoms with Gasteiger partial charge in [-0.15, -0.1) is 0 Å². The highest BCUT2D eigenvalue weighted by Gasteiger charge is 2.28. The van der Waals surface area contributed by atoms with E-state index in [1.807, 2.05) is 0 Å². The van der Waals surface area contributed by atoms with Crippen molar-refractivity contribution in [3.63, 3.8) is 0 Å². The van der Waals surface area contributed by atoms with Crippen molar-refractivity contribution in [2.45, 2.75) is 116 Å². The van der Waals surface area contributed by atoms with Gasteiger partial charge in [-0.25, -0.2) is 4.99 Å². The van der Waals surface area contributed by atoms with Gasteiger partial charge in [0.1, 0.15) is 5.82 Å². The van der Waals surface area contributed by atoms with Gasteiger partial charge in [0.25, 0.3) is 0 Å². The molecule has 2 aliphatic carbocycles. The van der Waals surface area contributed by atoms with Crippen LogP contribution in [0.5, 0.6) is 0 Å². The Labute approximate surface area is 208 Å². The molecule has 1 heterocycles. The third-order valence-corrected chi connectivity index (χ3v) is 8.05. The van der Waals surface area contributed by atoms with Gasteiger partial charge < -0.3 is 15.5 Å². The van der Waals surface area contributed by atoms with E-state index in [2.05, 4.69) is 60.4 Å². The topological polar surface area (TPSA) is 39.7 Å². The Balaban J connectivity index is 1.54. The Morgan fingerprint density at radius 1 is 1.09 bits per heavy atom. The molecule has 0 saturated heterocycles. The summed E-state index contributed by atoms with van der Waals surface area (Å²) < 4.78 is 0. The predicted octanol–water partition coefficient (Wildman–Crippen LogP) is 6.92. The maximum atomic E-state index is 4.74. The molecule has 0 spiro atoms. The van der Waals surface area contributed by atoms with Gasteiger partial charge in [0.05, 0.1) is 0 Å². The van der Waals surface area contributed by atoms with E-state index in [0.717, 1.165) is 31.9 Å². The highest BCUT2D eigenvalue weighted by Crippen LogP contribution is 2.36. The predicted molar refractivity (Wildman–Crippen MR) is 146 cm³/mol. The maximum absolute atomic E-state index is 4.74. The molecule has 2 fully saturated rings. The summed E-state index contributed by atoms with van der Waals surface area (Å²) in [6, 6.07) is 8.46. The first-order valence-corrected chi connectivity index (χ1v) is 14.0. The van der Waals surface area contributed by atoms with Crippen LogP contribution >= 0.6 is 0 Å². The van der Waals surface area contributed by atoms with E-state index >= 15 is 0 Å². The number of hydrogen-bond donors (Lipinski definition) is 2. The normalized spacial score (nSPS) is 20.1. The van der Waals surface area contributed by atoms with Crippen LogP contribution in [0.1, 0.15) is 108 Å². The summed E-state index contributed by atoms with van der Waals surface area (Å²) >= 11 is 0. The molecular weight excluding hydrogens is 416 g/mol. The summed E-state index contributed by atoms with van der Waals surface area (Å²) in [5.74, 6) is 0.762. The molecule has 34 heavy (non-hydrogen) atoms. The van der Waals surface area contributed by atoms with Crippen molar-refractivity contribution >= 4 is 11.8 Å². The molecule has 0 unspecified atom stereocenters. The van der Waals surface area contributed by atoms with Crippen LogP contribution in [0, 0.1) is 0 Å². The molecule has 0 atom stereocenters. The van der Waals surface area contributed by atoms with Gasteiger partial charge in [-0.1, -0.05) is 76.6 Å². The number of benzene rings is 1. The molecular formula is C30H46N4. The zero-order valence-corrected chi connectivity index (χ0v) is 21.7. The molecule has 1 aliphatic heterocycles. The summed E-state index contributed by atoms with van der Waals surface area (Å²) in [4.78, 5) is 7.42. The fraction of sp³-hybridized carbons (Fsp3) is 0.633. The summed E-state index contributed by atoms with van der Waals surface area (Å²) in [7, 11) is 0. The number of allylic oxidation sites excluding steroid dienone is 2. The molecule has 1 aromatic rings. The lowest BCUT2D eigenvalue weighted by Gasteiger charge is -2.41. The van der Waals surface area contributed by atoms with Gasteiger partial charge in [0, 0.05) is 49.2 Å². The van der Waals surface area contributed by atoms with Crippen LogP contribution in [0.3, 0.4) is 0 Å². The van der Waals surface area contributed by atoms with Crippen molar-refractivity contribution in [2.75, 3.05) is 6.54 Å². The second-order valence-electron chi connectivity index (χ2n) is 10.6. The number of aliphatic imine (C=N–C) groups is 1. The third kappa shape index (κ3) is 6.53. The van der Waals surface area contributed by atoms with E-state index in [4.69, 9.17) is 4.99 Å². The Morgan fingerprint density at radius 2 is 1.82 bits per heavy atom. The SMILES string of the molecule is C=C(/N=C\C1=C(C)N(C2CCCCC2)Cc2cc(CNC3CCCCC3)ccc21)NCCCC. The zero-order valence-electron chi connectivity index (χ0n) is 21.7. The monoisotopic (exact) mass is 462 g/mol. The molecule has 4 heteroatoms. The number of nitrogens with zero attached hydrogens (tertiary/aromatic N) is 2. The number of rotatable bonds is 10. The van der Waals surface area contributed by atoms with E-state index in [0.29, 0.717) is 12.1 Å². The Kier molecular flexibility index (Phi) is 9.26. The van der Waals surface area contributed by atoms with E-state index in [1.165, 1.54) is 98.6 Å². The van der Waals surface area contributed by atoms with Crippen LogP contribution in [-0.4, -0.2) is 29.7 Å². The number of unbranched alkanes of at least 4 members (excludes halogenated alkanes) is 1. The van der Waals surface area contributed by atoms with Crippen molar-refractivity contribution in [3.05, 3.63) is 53.0 Å². The van der Waals surface area contributed by atoms with Crippen LogP contribution < -0.4 is 10.6 Å². The fourth-order valence-electron chi connectivity index (χ4n) is 5.93. The minimum atomic E-state index is 0.653. The van der Waals surface area contributed by atoms with E-state index in [9.17, 15) is 0 Å². The molecule has 0 radical (unpaired) electrons. The molecule has 2 saturated carbocycles. The van der Waals surface area contributed by atoms with Gasteiger partial charge in [-0.05, 0) is 55.7 Å². The number of hydrogen-bond acceptors (Lipinski definition) is 4. The highest BCUT2D eigenvalue weighted by atomic mass is 15.2. The van der Waals surface area contributed by atoms with Crippen molar-refractivity contribution in [3.8, 4) is 0 Å². The van der Waals surface area contributed by atoms with E-state index < -0.39 is 0 Å². The Morgan fingerprint density at radius 3 is 2.56 bits per heavy atom. The van der Waals surface area contributed by atoms with Crippen molar-refractivity contribution in [1.82, 2.24) is 15.5 Å². The van der Waals surface area contributed by atoms with Crippen LogP contribution in [0.2, 0.25) is 0 Å². The second kappa shape index (κ2) is 12.6. The molecule has 4 nitrogen and oxygen atoms in total. The van der Waals surface area contributed by atoms with Gasteiger partial charge >= 0.3 is 0 Å². The first-order valence-electron chi connectivity index (χ1n) is 14.0. The number of fused-ring (bicyclic) bond motifs is 1. The molecule has 0 bridgehead atoms. The van der Waals surface area contributed by atoms with Crippen molar-refractivity contribution in [2.24, 2.45) is 4.99 Å². The van der Waals surface area contributed by atoms with Gasteiger partial charge in [0.2, 0.25) is 0 Å². The molecule has 4 rings (SSSR count). The van der Waals surface area contributed by atoms with Crippen LogP contribution in [0.15, 0.2) is 41.3 Å². The fourth-order valence-corrected chi connectivity index (χ4v) is 5.93. The van der Waals surface area contributed by atoms with Crippen LogP contribution in [0.4, 0.5) is 0 Å². The Bertz CT molecular complexity index is 872. The standard InChI is InChI=1S/C30H46N4/c1-4-5-18-31-24(3)32-21-30-23(2)34(28-14-10-7-11-15-28)22-26-19-25(16-17-29(26)30)20-33-27-12-8-6-9-13-27/h16-17,19,21,27-28,31,33H,3-15,18,20,22H2,1-2H3/b32-21-. The highest BCUT2D eigenvalue weighted by molar-refractivity contribution is 6.12. The van der Waals surface area contributed by atoms with E-state index in [-0.39, 0.29) is 0 Å². The maximum Gasteiger partial charge on any atom is 0.118 e. The minimum absolute atomic E-state index is 0.653. The average Bonchev–Trinajstić information content (AvgIpc) is 2.88. The average molecular weight is 463 g/mol. The van der Waals surface area contributed by atoms with E-state index in [1.54, 1.807) is 0 Å². The summed E-state index contributed by atoms with van der Waals surface area (Å²) in [5, 5.41) is 7.19. The molecule has 0 aromatic heterocycles. The third-order valence-electron chi connectivity index (χ3n) is 8.05. The summed E-state index contributed by atoms with van der Waals surface area (Å²) in [6.07, 6.45) is 17.9. The first-order chi connectivity index (χ1) is 16.7.